The molecule has 0 N–H and O–H groups in total. The zero-order valence-corrected chi connectivity index (χ0v) is 15.8. The Bertz CT molecular complexity index is 883. The molecule has 134 valence electrons. The molecule has 1 aliphatic rings. The zero-order chi connectivity index (χ0) is 18.7. The molecule has 2 aromatic rings. The standard InChI is InChI=1S/C19H16ClNO4S/c1-24-15-8-13(14(20)10-16(15)25-2)9-17-18(22)21(19(23)26-17)11-12-6-4-3-5-7-12/h3-10H,11H2,1-2H3/b17-9-. The number of rotatable bonds is 5. The maximum Gasteiger partial charge on any atom is 0.293 e. The summed E-state index contributed by atoms with van der Waals surface area (Å²) < 4.78 is 10.5. The molecule has 0 saturated carbocycles. The van der Waals surface area contributed by atoms with Crippen LogP contribution in [0, 0.1) is 0 Å². The second-order valence-corrected chi connectivity index (χ2v) is 6.88. The van der Waals surface area contributed by atoms with Crippen LogP contribution in [0.15, 0.2) is 47.4 Å². The van der Waals surface area contributed by atoms with E-state index >= 15 is 0 Å². The van der Waals surface area contributed by atoms with Gasteiger partial charge in [-0.15, -0.1) is 0 Å². The predicted octanol–water partition coefficient (Wildman–Crippen LogP) is 4.59. The van der Waals surface area contributed by atoms with Gasteiger partial charge < -0.3 is 9.47 Å². The molecule has 1 aliphatic heterocycles. The molecule has 0 radical (unpaired) electrons. The maximum atomic E-state index is 12.6. The first-order valence-electron chi connectivity index (χ1n) is 7.74. The molecule has 3 rings (SSSR count). The first kappa shape index (κ1) is 18.4. The third-order valence-electron chi connectivity index (χ3n) is 3.85. The number of benzene rings is 2. The van der Waals surface area contributed by atoms with Gasteiger partial charge in [-0.25, -0.2) is 0 Å². The number of imide groups is 1. The Kier molecular flexibility index (Phi) is 5.54. The lowest BCUT2D eigenvalue weighted by molar-refractivity contribution is -0.123. The smallest absolute Gasteiger partial charge is 0.293 e. The fourth-order valence-electron chi connectivity index (χ4n) is 2.52. The van der Waals surface area contributed by atoms with E-state index in [1.165, 1.54) is 19.1 Å². The highest BCUT2D eigenvalue weighted by molar-refractivity contribution is 8.18. The summed E-state index contributed by atoms with van der Waals surface area (Å²) in [5.74, 6) is 0.646. The van der Waals surface area contributed by atoms with Crippen LogP contribution in [0.5, 0.6) is 11.5 Å². The molecule has 2 aromatic carbocycles. The van der Waals surface area contributed by atoms with Gasteiger partial charge in [-0.1, -0.05) is 41.9 Å². The van der Waals surface area contributed by atoms with Crippen molar-refractivity contribution in [2.75, 3.05) is 14.2 Å². The number of halogens is 1. The van der Waals surface area contributed by atoms with Crippen molar-refractivity contribution in [3.8, 4) is 11.5 Å². The zero-order valence-electron chi connectivity index (χ0n) is 14.2. The van der Waals surface area contributed by atoms with Crippen LogP contribution in [0.25, 0.3) is 6.08 Å². The molecule has 1 heterocycles. The van der Waals surface area contributed by atoms with Crippen molar-refractivity contribution in [1.29, 1.82) is 0 Å². The summed E-state index contributed by atoms with van der Waals surface area (Å²) in [7, 11) is 3.03. The lowest BCUT2D eigenvalue weighted by Gasteiger charge is -2.12. The van der Waals surface area contributed by atoms with E-state index in [2.05, 4.69) is 0 Å². The topological polar surface area (TPSA) is 55.8 Å². The van der Waals surface area contributed by atoms with Gasteiger partial charge in [-0.05, 0) is 35.0 Å². The Balaban J connectivity index is 1.88. The van der Waals surface area contributed by atoms with E-state index < -0.39 is 0 Å². The minimum absolute atomic E-state index is 0.239. The van der Waals surface area contributed by atoms with Crippen molar-refractivity contribution in [1.82, 2.24) is 4.90 Å². The number of carbonyl (C=O) groups excluding carboxylic acids is 2. The highest BCUT2D eigenvalue weighted by Gasteiger charge is 2.35. The number of amides is 2. The van der Waals surface area contributed by atoms with Crippen LogP contribution in [-0.4, -0.2) is 30.3 Å². The molecule has 1 saturated heterocycles. The fourth-order valence-corrected chi connectivity index (χ4v) is 3.56. The summed E-state index contributed by atoms with van der Waals surface area (Å²) in [5.41, 5.74) is 1.47. The largest absolute Gasteiger partial charge is 0.493 e. The number of hydrogen-bond donors (Lipinski definition) is 0. The number of ether oxygens (including phenoxy) is 2. The van der Waals surface area contributed by atoms with Crippen LogP contribution in [0.4, 0.5) is 4.79 Å². The molecule has 7 heteroatoms. The molecule has 0 bridgehead atoms. The van der Waals surface area contributed by atoms with Crippen molar-refractivity contribution in [2.24, 2.45) is 0 Å². The Hall–Kier alpha value is -2.44. The molecule has 0 atom stereocenters. The van der Waals surface area contributed by atoms with Crippen molar-refractivity contribution in [3.05, 3.63) is 63.5 Å². The summed E-state index contributed by atoms with van der Waals surface area (Å²) in [6.07, 6.45) is 1.60. The highest BCUT2D eigenvalue weighted by Crippen LogP contribution is 2.38. The third kappa shape index (κ3) is 3.71. The molecular formula is C19H16ClNO4S. The molecule has 1 fully saturated rings. The first-order valence-corrected chi connectivity index (χ1v) is 8.93. The van der Waals surface area contributed by atoms with Gasteiger partial charge >= 0.3 is 0 Å². The number of methoxy groups -OCH3 is 2. The van der Waals surface area contributed by atoms with E-state index in [0.29, 0.717) is 27.0 Å². The third-order valence-corrected chi connectivity index (χ3v) is 5.08. The summed E-state index contributed by atoms with van der Waals surface area (Å²) >= 11 is 7.16. The van der Waals surface area contributed by atoms with Crippen LogP contribution < -0.4 is 9.47 Å². The van der Waals surface area contributed by atoms with E-state index in [9.17, 15) is 9.59 Å². The van der Waals surface area contributed by atoms with Crippen LogP contribution in [0.1, 0.15) is 11.1 Å². The summed E-state index contributed by atoms with van der Waals surface area (Å²) in [6.45, 7) is 0.239. The molecule has 0 spiro atoms. The monoisotopic (exact) mass is 389 g/mol. The SMILES string of the molecule is COc1cc(Cl)c(/C=C2\SC(=O)N(Cc3ccccc3)C2=O)cc1OC. The molecule has 0 aromatic heterocycles. The minimum atomic E-state index is -0.338. The van der Waals surface area contributed by atoms with Gasteiger partial charge in [0.05, 0.1) is 30.7 Å². The number of thioether (sulfide) groups is 1. The van der Waals surface area contributed by atoms with Crippen LogP contribution >= 0.6 is 23.4 Å². The van der Waals surface area contributed by atoms with E-state index in [1.807, 2.05) is 30.3 Å². The van der Waals surface area contributed by atoms with E-state index in [-0.39, 0.29) is 17.7 Å². The van der Waals surface area contributed by atoms with Gasteiger partial charge in [-0.3, -0.25) is 14.5 Å². The van der Waals surface area contributed by atoms with Gasteiger partial charge in [0.25, 0.3) is 11.1 Å². The fraction of sp³-hybridized carbons (Fsp3) is 0.158. The van der Waals surface area contributed by atoms with Crippen LogP contribution in [0.2, 0.25) is 5.02 Å². The molecule has 2 amide bonds. The number of hydrogen-bond acceptors (Lipinski definition) is 5. The van der Waals surface area contributed by atoms with Crippen molar-refractivity contribution < 1.29 is 19.1 Å². The van der Waals surface area contributed by atoms with Gasteiger partial charge in [0, 0.05) is 6.07 Å². The molecule has 0 aliphatic carbocycles. The molecule has 0 unspecified atom stereocenters. The van der Waals surface area contributed by atoms with Crippen molar-refractivity contribution >= 4 is 40.6 Å². The normalized spacial score (nSPS) is 15.7. The summed E-state index contributed by atoms with van der Waals surface area (Å²) in [6, 6.07) is 12.7. The molecular weight excluding hydrogens is 374 g/mol. The van der Waals surface area contributed by atoms with Gasteiger partial charge in [0.2, 0.25) is 0 Å². The average Bonchev–Trinajstić information content (AvgIpc) is 2.91. The Morgan fingerprint density at radius 2 is 1.73 bits per heavy atom. The number of carbonyl (C=O) groups is 2. The van der Waals surface area contributed by atoms with Crippen molar-refractivity contribution in [3.63, 3.8) is 0 Å². The minimum Gasteiger partial charge on any atom is -0.493 e. The summed E-state index contributed by atoms with van der Waals surface area (Å²) in [4.78, 5) is 26.4. The predicted molar refractivity (Wildman–Crippen MR) is 103 cm³/mol. The van der Waals surface area contributed by atoms with E-state index in [4.69, 9.17) is 21.1 Å². The Labute approximate surface area is 160 Å². The van der Waals surface area contributed by atoms with E-state index in [1.54, 1.807) is 18.2 Å². The average molecular weight is 390 g/mol. The molecule has 26 heavy (non-hydrogen) atoms. The van der Waals surface area contributed by atoms with Crippen LogP contribution in [0.3, 0.4) is 0 Å². The summed E-state index contributed by atoms with van der Waals surface area (Å²) in [5, 5.41) is 0.0965. The van der Waals surface area contributed by atoms with Gasteiger partial charge in [0.1, 0.15) is 0 Å². The molecule has 5 nitrogen and oxygen atoms in total. The lowest BCUT2D eigenvalue weighted by Crippen LogP contribution is -2.27. The second-order valence-electron chi connectivity index (χ2n) is 5.48. The lowest BCUT2D eigenvalue weighted by atomic mass is 10.1. The van der Waals surface area contributed by atoms with Gasteiger partial charge in [0.15, 0.2) is 11.5 Å². The second kappa shape index (κ2) is 7.85. The number of nitrogens with zero attached hydrogens (tertiary/aromatic N) is 1. The Morgan fingerprint density at radius 1 is 1.08 bits per heavy atom. The first-order chi connectivity index (χ1) is 12.5. The maximum absolute atomic E-state index is 12.6. The quantitative estimate of drug-likeness (QED) is 0.700. The highest BCUT2D eigenvalue weighted by atomic mass is 35.5. The van der Waals surface area contributed by atoms with Gasteiger partial charge in [-0.2, -0.15) is 0 Å². The Morgan fingerprint density at radius 3 is 2.38 bits per heavy atom. The van der Waals surface area contributed by atoms with Crippen molar-refractivity contribution in [2.45, 2.75) is 6.54 Å². The van der Waals surface area contributed by atoms with E-state index in [0.717, 1.165) is 17.3 Å². The van der Waals surface area contributed by atoms with Crippen LogP contribution in [-0.2, 0) is 11.3 Å².